The first-order chi connectivity index (χ1) is 10.1. The van der Waals surface area contributed by atoms with Crippen molar-refractivity contribution in [2.45, 2.75) is 13.5 Å². The van der Waals surface area contributed by atoms with Gasteiger partial charge in [0.15, 0.2) is 0 Å². The van der Waals surface area contributed by atoms with Gasteiger partial charge in [0.05, 0.1) is 0 Å². The Bertz CT molecular complexity index is 798. The van der Waals surface area contributed by atoms with Crippen LogP contribution in [0, 0.1) is 12.7 Å². The van der Waals surface area contributed by atoms with E-state index < -0.39 is 0 Å². The molecule has 0 unspecified atom stereocenters. The number of anilines is 1. The van der Waals surface area contributed by atoms with Crippen molar-refractivity contribution < 1.29 is 4.39 Å². The Labute approximate surface area is 131 Å². The van der Waals surface area contributed by atoms with E-state index >= 15 is 0 Å². The molecule has 0 amide bonds. The van der Waals surface area contributed by atoms with Crippen molar-refractivity contribution >= 4 is 32.4 Å². The summed E-state index contributed by atoms with van der Waals surface area (Å²) in [6.45, 7) is 2.37. The van der Waals surface area contributed by atoms with E-state index in [1.165, 1.54) is 0 Å². The second-order valence-electron chi connectivity index (χ2n) is 5.08. The van der Waals surface area contributed by atoms with Crippen LogP contribution in [0.25, 0.3) is 10.8 Å². The van der Waals surface area contributed by atoms with Crippen molar-refractivity contribution in [3.8, 4) is 0 Å². The van der Waals surface area contributed by atoms with E-state index in [2.05, 4.69) is 33.4 Å². The predicted octanol–water partition coefficient (Wildman–Crippen LogP) is 5.66. The van der Waals surface area contributed by atoms with Crippen molar-refractivity contribution in [3.05, 3.63) is 76.0 Å². The van der Waals surface area contributed by atoms with Gasteiger partial charge in [-0.3, -0.25) is 0 Å². The molecule has 106 valence electrons. The Kier molecular flexibility index (Phi) is 3.93. The number of hydrogen-bond acceptors (Lipinski definition) is 1. The van der Waals surface area contributed by atoms with E-state index in [1.54, 1.807) is 13.0 Å². The average molecular weight is 344 g/mol. The van der Waals surface area contributed by atoms with Gasteiger partial charge in [-0.25, -0.2) is 4.39 Å². The van der Waals surface area contributed by atoms with Crippen LogP contribution in [0.3, 0.4) is 0 Å². The molecule has 0 saturated heterocycles. The molecule has 0 aromatic heterocycles. The highest BCUT2D eigenvalue weighted by molar-refractivity contribution is 9.10. The molecule has 1 N–H and O–H groups in total. The smallest absolute Gasteiger partial charge is 0.126 e. The molecule has 0 saturated carbocycles. The molecule has 0 aliphatic carbocycles. The topological polar surface area (TPSA) is 12.0 Å². The molecule has 0 aliphatic rings. The molecule has 3 rings (SSSR count). The van der Waals surface area contributed by atoms with Gasteiger partial charge in [-0.1, -0.05) is 52.3 Å². The number of benzene rings is 3. The highest BCUT2D eigenvalue weighted by Gasteiger charge is 2.04. The quantitative estimate of drug-likeness (QED) is 0.646. The minimum Gasteiger partial charge on any atom is -0.380 e. The van der Waals surface area contributed by atoms with Crippen LogP contribution in [-0.2, 0) is 6.54 Å². The summed E-state index contributed by atoms with van der Waals surface area (Å²) in [7, 11) is 0. The van der Waals surface area contributed by atoms with E-state index in [9.17, 15) is 4.39 Å². The lowest BCUT2D eigenvalue weighted by molar-refractivity contribution is 0.616. The summed E-state index contributed by atoms with van der Waals surface area (Å²) in [6.07, 6.45) is 0. The SMILES string of the molecule is Cc1ccc(CNc2ccc(Br)c3ccccc23)cc1F. The Balaban J connectivity index is 1.88. The van der Waals surface area contributed by atoms with Gasteiger partial charge in [-0.2, -0.15) is 0 Å². The van der Waals surface area contributed by atoms with Crippen LogP contribution < -0.4 is 5.32 Å². The number of hydrogen-bond donors (Lipinski definition) is 1. The Hall–Kier alpha value is -1.87. The molecule has 1 nitrogen and oxygen atoms in total. The summed E-state index contributed by atoms with van der Waals surface area (Å²) in [5, 5.41) is 5.71. The van der Waals surface area contributed by atoms with Crippen molar-refractivity contribution in [1.82, 2.24) is 0 Å². The Morgan fingerprint density at radius 3 is 2.52 bits per heavy atom. The standard InChI is InChI=1S/C18H15BrFN/c1-12-6-7-13(10-17(12)20)11-21-18-9-8-16(19)14-4-2-3-5-15(14)18/h2-10,21H,11H2,1H3. The van der Waals surface area contributed by atoms with Gasteiger partial charge in [0.1, 0.15) is 5.82 Å². The fraction of sp³-hybridized carbons (Fsp3) is 0.111. The molecule has 0 bridgehead atoms. The lowest BCUT2D eigenvalue weighted by atomic mass is 10.1. The zero-order chi connectivity index (χ0) is 14.8. The van der Waals surface area contributed by atoms with Crippen LogP contribution in [-0.4, -0.2) is 0 Å². The zero-order valence-corrected chi connectivity index (χ0v) is 13.2. The molecular formula is C18H15BrFN. The van der Waals surface area contributed by atoms with Crippen molar-refractivity contribution in [2.24, 2.45) is 0 Å². The first-order valence-electron chi connectivity index (χ1n) is 6.81. The van der Waals surface area contributed by atoms with E-state index in [0.29, 0.717) is 12.1 Å². The van der Waals surface area contributed by atoms with Gasteiger partial charge < -0.3 is 5.32 Å². The first kappa shape index (κ1) is 14.1. The second-order valence-corrected chi connectivity index (χ2v) is 5.93. The maximum atomic E-state index is 13.6. The number of aryl methyl sites for hydroxylation is 1. The van der Waals surface area contributed by atoms with E-state index in [-0.39, 0.29) is 5.82 Å². The number of rotatable bonds is 3. The third kappa shape index (κ3) is 2.93. The van der Waals surface area contributed by atoms with E-state index in [0.717, 1.165) is 26.5 Å². The minimum absolute atomic E-state index is 0.157. The third-order valence-corrected chi connectivity index (χ3v) is 4.28. The van der Waals surface area contributed by atoms with Gasteiger partial charge in [-0.05, 0) is 41.6 Å². The predicted molar refractivity (Wildman–Crippen MR) is 90.1 cm³/mol. The summed E-state index contributed by atoms with van der Waals surface area (Å²) in [6, 6.07) is 17.6. The van der Waals surface area contributed by atoms with E-state index in [4.69, 9.17) is 0 Å². The van der Waals surface area contributed by atoms with Crippen LogP contribution in [0.4, 0.5) is 10.1 Å². The van der Waals surface area contributed by atoms with Crippen molar-refractivity contribution in [3.63, 3.8) is 0 Å². The van der Waals surface area contributed by atoms with Crippen LogP contribution in [0.15, 0.2) is 59.1 Å². The molecule has 0 heterocycles. The summed E-state index contributed by atoms with van der Waals surface area (Å²) in [5.74, 6) is -0.157. The lowest BCUT2D eigenvalue weighted by Crippen LogP contribution is -2.01. The molecule has 3 heteroatoms. The number of halogens is 2. The Morgan fingerprint density at radius 2 is 1.76 bits per heavy atom. The normalized spacial score (nSPS) is 10.8. The monoisotopic (exact) mass is 343 g/mol. The second kappa shape index (κ2) is 5.86. The molecule has 0 atom stereocenters. The maximum Gasteiger partial charge on any atom is 0.126 e. The lowest BCUT2D eigenvalue weighted by Gasteiger charge is -2.11. The first-order valence-corrected chi connectivity index (χ1v) is 7.60. The fourth-order valence-electron chi connectivity index (χ4n) is 2.36. The summed E-state index contributed by atoms with van der Waals surface area (Å²) in [5.41, 5.74) is 2.66. The summed E-state index contributed by atoms with van der Waals surface area (Å²) in [4.78, 5) is 0. The third-order valence-electron chi connectivity index (χ3n) is 3.59. The molecule has 21 heavy (non-hydrogen) atoms. The number of fused-ring (bicyclic) bond motifs is 1. The Morgan fingerprint density at radius 1 is 1.00 bits per heavy atom. The van der Waals surface area contributed by atoms with Crippen molar-refractivity contribution in [2.75, 3.05) is 5.32 Å². The van der Waals surface area contributed by atoms with Gasteiger partial charge >= 0.3 is 0 Å². The number of nitrogens with one attached hydrogen (secondary N) is 1. The molecule has 3 aromatic rings. The molecule has 0 fully saturated rings. The fourth-order valence-corrected chi connectivity index (χ4v) is 2.84. The van der Waals surface area contributed by atoms with Crippen LogP contribution in [0.5, 0.6) is 0 Å². The largest absolute Gasteiger partial charge is 0.380 e. The van der Waals surface area contributed by atoms with Gasteiger partial charge in [-0.15, -0.1) is 0 Å². The highest BCUT2D eigenvalue weighted by atomic mass is 79.9. The van der Waals surface area contributed by atoms with Crippen LogP contribution in [0.2, 0.25) is 0 Å². The average Bonchev–Trinajstić information content (AvgIpc) is 2.50. The van der Waals surface area contributed by atoms with Crippen molar-refractivity contribution in [1.29, 1.82) is 0 Å². The molecular weight excluding hydrogens is 329 g/mol. The maximum absolute atomic E-state index is 13.6. The summed E-state index contributed by atoms with van der Waals surface area (Å²) < 4.78 is 14.7. The van der Waals surface area contributed by atoms with Gasteiger partial charge in [0, 0.05) is 22.1 Å². The molecule has 0 radical (unpaired) electrons. The van der Waals surface area contributed by atoms with Crippen LogP contribution in [0.1, 0.15) is 11.1 Å². The zero-order valence-electron chi connectivity index (χ0n) is 11.7. The highest BCUT2D eigenvalue weighted by Crippen LogP contribution is 2.30. The summed E-state index contributed by atoms with van der Waals surface area (Å²) >= 11 is 3.57. The molecule has 3 aromatic carbocycles. The van der Waals surface area contributed by atoms with Crippen LogP contribution >= 0.6 is 15.9 Å². The van der Waals surface area contributed by atoms with Gasteiger partial charge in [0.25, 0.3) is 0 Å². The molecule has 0 aliphatic heterocycles. The van der Waals surface area contributed by atoms with E-state index in [1.807, 2.05) is 36.4 Å². The molecule has 0 spiro atoms. The van der Waals surface area contributed by atoms with Gasteiger partial charge in [0.2, 0.25) is 0 Å². The minimum atomic E-state index is -0.157.